The number of rotatable bonds is 6. The first-order valence-electron chi connectivity index (χ1n) is 6.35. The Balaban J connectivity index is 3.48. The highest BCUT2D eigenvalue weighted by atomic mass is 16.1. The van der Waals surface area contributed by atoms with Crippen molar-refractivity contribution in [2.75, 3.05) is 0 Å². The van der Waals surface area contributed by atoms with Crippen LogP contribution in [0.25, 0.3) is 0 Å². The Labute approximate surface area is 101 Å². The zero-order valence-electron chi connectivity index (χ0n) is 11.5. The first kappa shape index (κ1) is 15.2. The van der Waals surface area contributed by atoms with Crippen LogP contribution in [0.5, 0.6) is 0 Å². The lowest BCUT2D eigenvalue weighted by molar-refractivity contribution is -0.122. The molecule has 0 heterocycles. The van der Waals surface area contributed by atoms with Crippen LogP contribution in [0.2, 0.25) is 0 Å². The normalized spacial score (nSPS) is 11.1. The number of ketones is 1. The molecular weight excluding hydrogens is 196 g/mol. The molecule has 0 aliphatic carbocycles. The molecule has 0 radical (unpaired) electrons. The predicted molar refractivity (Wildman–Crippen MR) is 70.2 cm³/mol. The van der Waals surface area contributed by atoms with Crippen molar-refractivity contribution < 1.29 is 4.79 Å². The van der Waals surface area contributed by atoms with Gasteiger partial charge in [0.25, 0.3) is 0 Å². The molecule has 0 amide bonds. The number of carbonyl (C=O) groups is 1. The monoisotopic (exact) mass is 222 g/mol. The van der Waals surface area contributed by atoms with Crippen LogP contribution in [0.4, 0.5) is 0 Å². The molecule has 0 aromatic rings. The Morgan fingerprint density at radius 3 is 2.25 bits per heavy atom. The summed E-state index contributed by atoms with van der Waals surface area (Å²) in [6.07, 6.45) is 4.97. The van der Waals surface area contributed by atoms with Gasteiger partial charge in [-0.1, -0.05) is 26.2 Å². The van der Waals surface area contributed by atoms with Gasteiger partial charge in [0.15, 0.2) is 0 Å². The molecule has 0 aliphatic heterocycles. The molecule has 0 aromatic heterocycles. The van der Waals surface area contributed by atoms with E-state index in [9.17, 15) is 4.79 Å². The number of hydrogen-bond donors (Lipinski definition) is 0. The summed E-state index contributed by atoms with van der Waals surface area (Å²) >= 11 is 0. The summed E-state index contributed by atoms with van der Waals surface area (Å²) < 4.78 is 0. The largest absolute Gasteiger partial charge is 0.299 e. The van der Waals surface area contributed by atoms with Crippen molar-refractivity contribution in [2.24, 2.45) is 11.3 Å². The first-order valence-corrected chi connectivity index (χ1v) is 6.35. The van der Waals surface area contributed by atoms with Gasteiger partial charge in [0.2, 0.25) is 0 Å². The zero-order chi connectivity index (χ0) is 12.6. The van der Waals surface area contributed by atoms with Crippen LogP contribution in [-0.4, -0.2) is 5.78 Å². The number of Topliss-reactive ketones (excluding diaryl/α,β-unsaturated/α-hetero) is 1. The van der Waals surface area contributed by atoms with Crippen LogP contribution in [0.3, 0.4) is 0 Å². The van der Waals surface area contributed by atoms with Crippen molar-refractivity contribution in [3.05, 3.63) is 0 Å². The Bertz CT molecular complexity index is 257. The highest BCUT2D eigenvalue weighted by molar-refractivity contribution is 5.80. The van der Waals surface area contributed by atoms with Crippen molar-refractivity contribution in [1.82, 2.24) is 0 Å². The maximum Gasteiger partial charge on any atom is 0.135 e. The minimum absolute atomic E-state index is 0.119. The van der Waals surface area contributed by atoms with E-state index in [0.29, 0.717) is 5.78 Å². The van der Waals surface area contributed by atoms with E-state index < -0.39 is 0 Å². The molecule has 1 nitrogen and oxygen atoms in total. The van der Waals surface area contributed by atoms with Gasteiger partial charge in [0.1, 0.15) is 5.78 Å². The summed E-state index contributed by atoms with van der Waals surface area (Å²) in [5.74, 6) is 7.01. The fourth-order valence-electron chi connectivity index (χ4n) is 1.31. The van der Waals surface area contributed by atoms with Gasteiger partial charge in [-0.25, -0.2) is 0 Å². The van der Waals surface area contributed by atoms with Gasteiger partial charge < -0.3 is 0 Å². The fraction of sp³-hybridized carbons (Fsp3) is 0.800. The van der Waals surface area contributed by atoms with Crippen LogP contribution >= 0.6 is 0 Å². The molecule has 0 saturated heterocycles. The molecule has 0 spiro atoms. The number of carbonyl (C=O) groups excluding carboxylic acids is 1. The van der Waals surface area contributed by atoms with Gasteiger partial charge >= 0.3 is 0 Å². The maximum absolute atomic E-state index is 11.3. The standard InChI is InChI=1S/C15H26O/c1-13(2)14(16)11-9-7-6-8-10-12-15(3,4)5/h13H,6-9,11H2,1-5H3. The summed E-state index contributed by atoms with van der Waals surface area (Å²) in [6, 6.07) is 0. The van der Waals surface area contributed by atoms with Crippen molar-refractivity contribution in [1.29, 1.82) is 0 Å². The SMILES string of the molecule is CC(C)C(=O)CCCCCC#CC(C)(C)C. The minimum atomic E-state index is 0.119. The molecule has 0 saturated carbocycles. The Kier molecular flexibility index (Phi) is 7.13. The second-order valence-electron chi connectivity index (χ2n) is 5.73. The molecule has 0 fully saturated rings. The molecule has 0 rings (SSSR count). The maximum atomic E-state index is 11.3. The smallest absolute Gasteiger partial charge is 0.135 e. The predicted octanol–water partition coefficient (Wildman–Crippen LogP) is 4.21. The number of hydrogen-bond acceptors (Lipinski definition) is 1. The second kappa shape index (κ2) is 7.49. The van der Waals surface area contributed by atoms with E-state index in [0.717, 1.165) is 32.1 Å². The lowest BCUT2D eigenvalue weighted by Crippen LogP contribution is -2.05. The fourth-order valence-corrected chi connectivity index (χ4v) is 1.31. The molecule has 0 N–H and O–H groups in total. The van der Waals surface area contributed by atoms with Crippen LogP contribution in [0.15, 0.2) is 0 Å². The molecule has 0 atom stereocenters. The van der Waals surface area contributed by atoms with E-state index in [-0.39, 0.29) is 11.3 Å². The van der Waals surface area contributed by atoms with E-state index >= 15 is 0 Å². The highest BCUT2D eigenvalue weighted by Crippen LogP contribution is 2.11. The first-order chi connectivity index (χ1) is 7.33. The number of unbranched alkanes of at least 4 members (excludes halogenated alkanes) is 3. The lowest BCUT2D eigenvalue weighted by Gasteiger charge is -2.06. The Morgan fingerprint density at radius 1 is 1.12 bits per heavy atom. The minimum Gasteiger partial charge on any atom is -0.299 e. The van der Waals surface area contributed by atoms with Crippen LogP contribution in [0, 0.1) is 23.2 Å². The van der Waals surface area contributed by atoms with E-state index in [2.05, 4.69) is 32.6 Å². The third-order valence-electron chi connectivity index (χ3n) is 2.33. The zero-order valence-corrected chi connectivity index (χ0v) is 11.5. The summed E-state index contributed by atoms with van der Waals surface area (Å²) in [5, 5.41) is 0. The van der Waals surface area contributed by atoms with Gasteiger partial charge in [-0.05, 0) is 33.6 Å². The second-order valence-corrected chi connectivity index (χ2v) is 5.73. The molecule has 0 bridgehead atoms. The van der Waals surface area contributed by atoms with Crippen molar-refractivity contribution in [3.8, 4) is 11.8 Å². The third-order valence-corrected chi connectivity index (χ3v) is 2.33. The van der Waals surface area contributed by atoms with Gasteiger partial charge in [0.05, 0.1) is 0 Å². The summed E-state index contributed by atoms with van der Waals surface area (Å²) in [6.45, 7) is 10.3. The van der Waals surface area contributed by atoms with E-state index in [4.69, 9.17) is 0 Å². The van der Waals surface area contributed by atoms with Gasteiger partial charge in [0, 0.05) is 24.2 Å². The lowest BCUT2D eigenvalue weighted by atomic mass is 9.97. The average Bonchev–Trinajstić information content (AvgIpc) is 2.14. The summed E-state index contributed by atoms with van der Waals surface area (Å²) in [7, 11) is 0. The van der Waals surface area contributed by atoms with Gasteiger partial charge in [-0.2, -0.15) is 0 Å². The highest BCUT2D eigenvalue weighted by Gasteiger charge is 2.05. The van der Waals surface area contributed by atoms with Gasteiger partial charge in [-0.3, -0.25) is 4.79 Å². The summed E-state index contributed by atoms with van der Waals surface area (Å²) in [4.78, 5) is 11.3. The quantitative estimate of drug-likeness (QED) is 0.486. The Morgan fingerprint density at radius 2 is 1.75 bits per heavy atom. The molecule has 0 aromatic carbocycles. The Hall–Kier alpha value is -0.770. The van der Waals surface area contributed by atoms with Crippen LogP contribution in [-0.2, 0) is 4.79 Å². The molecule has 0 aliphatic rings. The average molecular weight is 222 g/mol. The van der Waals surface area contributed by atoms with Crippen LogP contribution < -0.4 is 0 Å². The third kappa shape index (κ3) is 9.77. The molecule has 1 heteroatoms. The van der Waals surface area contributed by atoms with E-state index in [1.807, 2.05) is 13.8 Å². The topological polar surface area (TPSA) is 17.1 Å². The van der Waals surface area contributed by atoms with E-state index in [1.54, 1.807) is 0 Å². The van der Waals surface area contributed by atoms with Crippen molar-refractivity contribution >= 4 is 5.78 Å². The van der Waals surface area contributed by atoms with E-state index in [1.165, 1.54) is 0 Å². The molecule has 92 valence electrons. The van der Waals surface area contributed by atoms with Crippen molar-refractivity contribution in [2.45, 2.75) is 66.7 Å². The summed E-state index contributed by atoms with van der Waals surface area (Å²) in [5.41, 5.74) is 0.119. The van der Waals surface area contributed by atoms with Gasteiger partial charge in [-0.15, -0.1) is 5.92 Å². The molecular formula is C15H26O. The van der Waals surface area contributed by atoms with Crippen molar-refractivity contribution in [3.63, 3.8) is 0 Å². The molecule has 0 unspecified atom stereocenters. The molecule has 16 heavy (non-hydrogen) atoms. The van der Waals surface area contributed by atoms with Crippen LogP contribution in [0.1, 0.15) is 66.7 Å².